The lowest BCUT2D eigenvalue weighted by atomic mass is 9.86. The molecule has 6 heteroatoms. The fourth-order valence-corrected chi connectivity index (χ4v) is 2.43. The Morgan fingerprint density at radius 1 is 1.04 bits per heavy atom. The Hall–Kier alpha value is -3.02. The SMILES string of the molecule is Cc1cccc(Oc2ccc(NC(=O)N[C@@H](C(N)=O)C(C)(C)C)cc2)c1. The molecule has 0 bridgehead atoms. The summed E-state index contributed by atoms with van der Waals surface area (Å²) < 4.78 is 5.77. The van der Waals surface area contributed by atoms with Crippen molar-refractivity contribution in [3.63, 3.8) is 0 Å². The third kappa shape index (κ3) is 5.51. The maximum atomic E-state index is 12.1. The first-order valence-corrected chi connectivity index (χ1v) is 8.36. The Kier molecular flexibility index (Phi) is 5.87. The van der Waals surface area contributed by atoms with Gasteiger partial charge in [0.25, 0.3) is 0 Å². The molecular weight excluding hydrogens is 330 g/mol. The summed E-state index contributed by atoms with van der Waals surface area (Å²) in [6.45, 7) is 7.50. The normalized spacial score (nSPS) is 12.2. The third-order valence-electron chi connectivity index (χ3n) is 3.76. The second kappa shape index (κ2) is 7.91. The van der Waals surface area contributed by atoms with Crippen molar-refractivity contribution in [3.8, 4) is 11.5 Å². The van der Waals surface area contributed by atoms with E-state index in [1.165, 1.54) is 0 Å². The van der Waals surface area contributed by atoms with Crippen LogP contribution in [0.2, 0.25) is 0 Å². The van der Waals surface area contributed by atoms with Crippen molar-refractivity contribution in [2.24, 2.45) is 11.1 Å². The summed E-state index contributed by atoms with van der Waals surface area (Å²) >= 11 is 0. The van der Waals surface area contributed by atoms with E-state index in [1.54, 1.807) is 24.3 Å². The molecule has 0 spiro atoms. The largest absolute Gasteiger partial charge is 0.457 e. The van der Waals surface area contributed by atoms with Crippen molar-refractivity contribution in [3.05, 3.63) is 54.1 Å². The van der Waals surface area contributed by atoms with Gasteiger partial charge in [0.1, 0.15) is 17.5 Å². The van der Waals surface area contributed by atoms with Crippen LogP contribution in [0.3, 0.4) is 0 Å². The van der Waals surface area contributed by atoms with Crippen LogP contribution in [0.4, 0.5) is 10.5 Å². The average molecular weight is 355 g/mol. The van der Waals surface area contributed by atoms with Crippen molar-refractivity contribution >= 4 is 17.6 Å². The Morgan fingerprint density at radius 3 is 2.23 bits per heavy atom. The van der Waals surface area contributed by atoms with Crippen LogP contribution in [-0.4, -0.2) is 18.0 Å². The van der Waals surface area contributed by atoms with Crippen molar-refractivity contribution in [1.82, 2.24) is 5.32 Å². The van der Waals surface area contributed by atoms with E-state index >= 15 is 0 Å². The molecule has 2 aromatic rings. The molecule has 0 aliphatic rings. The zero-order valence-electron chi connectivity index (χ0n) is 15.5. The Balaban J connectivity index is 1.98. The van der Waals surface area contributed by atoms with Gasteiger partial charge in [0, 0.05) is 5.69 Å². The van der Waals surface area contributed by atoms with Gasteiger partial charge in [0.15, 0.2) is 0 Å². The lowest BCUT2D eigenvalue weighted by Crippen LogP contribution is -2.53. The van der Waals surface area contributed by atoms with Crippen LogP contribution in [0, 0.1) is 12.3 Å². The standard InChI is InChI=1S/C20H25N3O3/c1-13-6-5-7-16(12-13)26-15-10-8-14(9-11-15)22-19(25)23-17(18(21)24)20(2,3)4/h5-12,17H,1-4H3,(H2,21,24)(H2,22,23,25)/t17-/m0/s1. The second-order valence-corrected chi connectivity index (χ2v) is 7.24. The number of nitrogens with one attached hydrogen (secondary N) is 2. The summed E-state index contributed by atoms with van der Waals surface area (Å²) in [5.41, 5.74) is 6.58. The number of carbonyl (C=O) groups is 2. The number of ether oxygens (including phenoxy) is 1. The molecular formula is C20H25N3O3. The van der Waals surface area contributed by atoms with Gasteiger partial charge in [-0.1, -0.05) is 32.9 Å². The van der Waals surface area contributed by atoms with Crippen molar-refractivity contribution in [2.75, 3.05) is 5.32 Å². The fraction of sp³-hybridized carbons (Fsp3) is 0.300. The predicted molar refractivity (Wildman–Crippen MR) is 102 cm³/mol. The molecule has 3 amide bonds. The number of aryl methyl sites for hydroxylation is 1. The minimum absolute atomic E-state index is 0.477. The van der Waals surface area contributed by atoms with Crippen molar-refractivity contribution in [1.29, 1.82) is 0 Å². The van der Waals surface area contributed by atoms with Crippen LogP contribution in [0.1, 0.15) is 26.3 Å². The molecule has 0 fully saturated rings. The van der Waals surface area contributed by atoms with Crippen LogP contribution >= 0.6 is 0 Å². The highest BCUT2D eigenvalue weighted by molar-refractivity contribution is 5.93. The number of rotatable bonds is 5. The first-order chi connectivity index (χ1) is 12.1. The number of hydrogen-bond acceptors (Lipinski definition) is 3. The van der Waals surface area contributed by atoms with E-state index < -0.39 is 23.4 Å². The fourth-order valence-electron chi connectivity index (χ4n) is 2.43. The van der Waals surface area contributed by atoms with Crippen LogP contribution in [-0.2, 0) is 4.79 Å². The molecule has 0 saturated carbocycles. The molecule has 2 rings (SSSR count). The first kappa shape index (κ1) is 19.3. The summed E-state index contributed by atoms with van der Waals surface area (Å²) in [4.78, 5) is 23.7. The summed E-state index contributed by atoms with van der Waals surface area (Å²) in [5.74, 6) is 0.832. The molecule has 0 aliphatic heterocycles. The molecule has 0 aromatic heterocycles. The second-order valence-electron chi connectivity index (χ2n) is 7.24. The molecule has 0 heterocycles. The first-order valence-electron chi connectivity index (χ1n) is 8.36. The van der Waals surface area contributed by atoms with Gasteiger partial charge in [-0.05, 0) is 54.3 Å². The highest BCUT2D eigenvalue weighted by Crippen LogP contribution is 2.24. The van der Waals surface area contributed by atoms with Crippen LogP contribution in [0.15, 0.2) is 48.5 Å². The Morgan fingerprint density at radius 2 is 1.69 bits per heavy atom. The minimum Gasteiger partial charge on any atom is -0.457 e. The Labute approximate surface area is 153 Å². The molecule has 26 heavy (non-hydrogen) atoms. The van der Waals surface area contributed by atoms with Gasteiger partial charge in [-0.3, -0.25) is 4.79 Å². The van der Waals surface area contributed by atoms with E-state index in [0.29, 0.717) is 11.4 Å². The van der Waals surface area contributed by atoms with E-state index in [-0.39, 0.29) is 0 Å². The predicted octanol–water partition coefficient (Wildman–Crippen LogP) is 3.81. The monoisotopic (exact) mass is 355 g/mol. The number of amides is 3. The van der Waals surface area contributed by atoms with Gasteiger partial charge in [-0.25, -0.2) is 4.79 Å². The smallest absolute Gasteiger partial charge is 0.319 e. The van der Waals surface area contributed by atoms with Crippen LogP contribution < -0.4 is 21.1 Å². The van der Waals surface area contributed by atoms with Crippen molar-refractivity contribution < 1.29 is 14.3 Å². The number of urea groups is 1. The number of hydrogen-bond donors (Lipinski definition) is 3. The molecule has 0 radical (unpaired) electrons. The number of carbonyl (C=O) groups excluding carboxylic acids is 2. The van der Waals surface area contributed by atoms with E-state index in [1.807, 2.05) is 52.0 Å². The zero-order chi connectivity index (χ0) is 19.3. The Bertz CT molecular complexity index is 780. The van der Waals surface area contributed by atoms with E-state index in [0.717, 1.165) is 11.3 Å². The number of anilines is 1. The maximum Gasteiger partial charge on any atom is 0.319 e. The lowest BCUT2D eigenvalue weighted by molar-refractivity contribution is -0.122. The van der Waals surface area contributed by atoms with Gasteiger partial charge in [0.05, 0.1) is 0 Å². The zero-order valence-corrected chi connectivity index (χ0v) is 15.5. The van der Waals surface area contributed by atoms with Gasteiger partial charge in [0.2, 0.25) is 5.91 Å². The molecule has 2 aromatic carbocycles. The van der Waals surface area contributed by atoms with Crippen LogP contribution in [0.5, 0.6) is 11.5 Å². The molecule has 0 saturated heterocycles. The van der Waals surface area contributed by atoms with E-state index in [9.17, 15) is 9.59 Å². The topological polar surface area (TPSA) is 93.4 Å². The van der Waals surface area contributed by atoms with Crippen LogP contribution in [0.25, 0.3) is 0 Å². The van der Waals surface area contributed by atoms with E-state index in [2.05, 4.69) is 10.6 Å². The average Bonchev–Trinajstić information content (AvgIpc) is 2.53. The molecule has 6 nitrogen and oxygen atoms in total. The third-order valence-corrected chi connectivity index (χ3v) is 3.76. The highest BCUT2D eigenvalue weighted by Gasteiger charge is 2.31. The summed E-state index contributed by atoms with van der Waals surface area (Å²) in [5, 5.41) is 5.30. The molecule has 138 valence electrons. The summed E-state index contributed by atoms with van der Waals surface area (Å²) in [6, 6.07) is 13.4. The summed E-state index contributed by atoms with van der Waals surface area (Å²) in [6.07, 6.45) is 0. The van der Waals surface area contributed by atoms with E-state index in [4.69, 9.17) is 10.5 Å². The van der Waals surface area contributed by atoms with Crippen molar-refractivity contribution in [2.45, 2.75) is 33.7 Å². The number of primary amides is 1. The lowest BCUT2D eigenvalue weighted by Gasteiger charge is -2.28. The number of benzene rings is 2. The molecule has 4 N–H and O–H groups in total. The molecule has 0 unspecified atom stereocenters. The summed E-state index contributed by atoms with van der Waals surface area (Å²) in [7, 11) is 0. The number of nitrogens with two attached hydrogens (primary N) is 1. The minimum atomic E-state index is -0.772. The highest BCUT2D eigenvalue weighted by atomic mass is 16.5. The van der Waals surface area contributed by atoms with Gasteiger partial charge < -0.3 is 21.1 Å². The van der Waals surface area contributed by atoms with Gasteiger partial charge >= 0.3 is 6.03 Å². The van der Waals surface area contributed by atoms with Gasteiger partial charge in [-0.2, -0.15) is 0 Å². The van der Waals surface area contributed by atoms with Gasteiger partial charge in [-0.15, -0.1) is 0 Å². The molecule has 1 atom stereocenters. The quantitative estimate of drug-likeness (QED) is 0.761. The maximum absolute atomic E-state index is 12.1. The molecule has 0 aliphatic carbocycles.